The molecule has 3 N–H and O–H groups in total. The zero-order valence-electron chi connectivity index (χ0n) is 19.0. The van der Waals surface area contributed by atoms with Gasteiger partial charge < -0.3 is 20.7 Å². The lowest BCUT2D eigenvalue weighted by molar-refractivity contribution is 0.0132. The number of nitrogens with zero attached hydrogens (tertiary/aromatic N) is 2. The van der Waals surface area contributed by atoms with Gasteiger partial charge in [0.15, 0.2) is 5.96 Å². The first-order valence-electron chi connectivity index (χ1n) is 11.2. The molecule has 0 bridgehead atoms. The van der Waals surface area contributed by atoms with Gasteiger partial charge in [-0.15, -0.1) is 0 Å². The van der Waals surface area contributed by atoms with Gasteiger partial charge in [0.05, 0.1) is 13.2 Å². The minimum Gasteiger partial charge on any atom is -0.379 e. The van der Waals surface area contributed by atoms with Gasteiger partial charge in [0, 0.05) is 51.4 Å². The van der Waals surface area contributed by atoms with Crippen LogP contribution in [0.15, 0.2) is 29.3 Å². The van der Waals surface area contributed by atoms with E-state index in [4.69, 9.17) is 4.74 Å². The van der Waals surface area contributed by atoms with Crippen molar-refractivity contribution in [3.63, 3.8) is 0 Å². The highest BCUT2D eigenvalue weighted by molar-refractivity contribution is 5.94. The summed E-state index contributed by atoms with van der Waals surface area (Å²) in [5.74, 6) is 1.39. The number of benzene rings is 1. The largest absolute Gasteiger partial charge is 0.379 e. The molecule has 7 nitrogen and oxygen atoms in total. The molecular formula is C23H39N5O2. The van der Waals surface area contributed by atoms with Crippen molar-refractivity contribution in [3.05, 3.63) is 35.4 Å². The number of amides is 1. The van der Waals surface area contributed by atoms with Crippen LogP contribution in [0.3, 0.4) is 0 Å². The SMILES string of the molecule is CCCNC(=O)c1cccc(CNC(=NC)NCC(CC(C)C)N2CCOCC2)c1. The normalized spacial score (nSPS) is 16.4. The molecule has 168 valence electrons. The fourth-order valence-electron chi connectivity index (χ4n) is 3.63. The summed E-state index contributed by atoms with van der Waals surface area (Å²) in [5, 5.41) is 9.78. The summed E-state index contributed by atoms with van der Waals surface area (Å²) in [7, 11) is 1.79. The van der Waals surface area contributed by atoms with Crippen LogP contribution < -0.4 is 16.0 Å². The molecule has 30 heavy (non-hydrogen) atoms. The Morgan fingerprint density at radius 3 is 2.63 bits per heavy atom. The van der Waals surface area contributed by atoms with Crippen molar-refractivity contribution in [2.75, 3.05) is 46.4 Å². The molecule has 1 amide bonds. The molecule has 1 aromatic rings. The summed E-state index contributed by atoms with van der Waals surface area (Å²) in [5.41, 5.74) is 1.74. The van der Waals surface area contributed by atoms with E-state index >= 15 is 0 Å². The molecule has 1 saturated heterocycles. The maximum Gasteiger partial charge on any atom is 0.251 e. The maximum atomic E-state index is 12.2. The summed E-state index contributed by atoms with van der Waals surface area (Å²) in [6, 6.07) is 8.18. The number of nitrogens with one attached hydrogen (secondary N) is 3. The molecule has 2 rings (SSSR count). The number of hydrogen-bond acceptors (Lipinski definition) is 4. The van der Waals surface area contributed by atoms with Gasteiger partial charge in [-0.05, 0) is 36.5 Å². The van der Waals surface area contributed by atoms with E-state index in [1.54, 1.807) is 7.05 Å². The van der Waals surface area contributed by atoms with Crippen LogP contribution in [0.25, 0.3) is 0 Å². The van der Waals surface area contributed by atoms with Gasteiger partial charge in [-0.1, -0.05) is 32.9 Å². The Labute approximate surface area is 181 Å². The number of carbonyl (C=O) groups excluding carboxylic acids is 1. The van der Waals surface area contributed by atoms with E-state index in [0.717, 1.165) is 57.2 Å². The lowest BCUT2D eigenvalue weighted by Gasteiger charge is -2.35. The third-order valence-electron chi connectivity index (χ3n) is 5.22. The van der Waals surface area contributed by atoms with Crippen LogP contribution in [0.4, 0.5) is 0 Å². The Morgan fingerprint density at radius 2 is 1.97 bits per heavy atom. The molecule has 0 radical (unpaired) electrons. The first-order valence-corrected chi connectivity index (χ1v) is 11.2. The fourth-order valence-corrected chi connectivity index (χ4v) is 3.63. The average molecular weight is 418 g/mol. The van der Waals surface area contributed by atoms with E-state index < -0.39 is 0 Å². The molecule has 1 aromatic carbocycles. The highest BCUT2D eigenvalue weighted by Gasteiger charge is 2.22. The van der Waals surface area contributed by atoms with E-state index in [9.17, 15) is 4.79 Å². The summed E-state index contributed by atoms with van der Waals surface area (Å²) in [6.45, 7) is 12.3. The van der Waals surface area contributed by atoms with Crippen molar-refractivity contribution in [1.82, 2.24) is 20.9 Å². The number of guanidine groups is 1. The number of aliphatic imine (C=N–C) groups is 1. The quantitative estimate of drug-likeness (QED) is 0.402. The number of rotatable bonds is 10. The molecule has 1 atom stereocenters. The second kappa shape index (κ2) is 13.2. The number of carbonyl (C=O) groups is 1. The summed E-state index contributed by atoms with van der Waals surface area (Å²) in [4.78, 5) is 19.1. The topological polar surface area (TPSA) is 78.0 Å². The van der Waals surface area contributed by atoms with Gasteiger partial charge >= 0.3 is 0 Å². The Morgan fingerprint density at radius 1 is 1.20 bits per heavy atom. The summed E-state index contributed by atoms with van der Waals surface area (Å²) >= 11 is 0. The number of ether oxygens (including phenoxy) is 1. The molecule has 0 aromatic heterocycles. The molecule has 1 unspecified atom stereocenters. The van der Waals surface area contributed by atoms with Gasteiger partial charge in [-0.25, -0.2) is 0 Å². The molecule has 0 spiro atoms. The number of hydrogen-bond donors (Lipinski definition) is 3. The van der Waals surface area contributed by atoms with Crippen molar-refractivity contribution in [2.45, 2.75) is 46.2 Å². The van der Waals surface area contributed by atoms with Crippen LogP contribution in [0.5, 0.6) is 0 Å². The molecule has 1 aliphatic rings. The van der Waals surface area contributed by atoms with E-state index in [1.807, 2.05) is 31.2 Å². The second-order valence-electron chi connectivity index (χ2n) is 8.19. The van der Waals surface area contributed by atoms with Gasteiger partial charge in [-0.3, -0.25) is 14.7 Å². The first kappa shape index (κ1) is 24.2. The average Bonchev–Trinajstić information content (AvgIpc) is 2.77. The lowest BCUT2D eigenvalue weighted by atomic mass is 10.0. The lowest BCUT2D eigenvalue weighted by Crippen LogP contribution is -2.50. The van der Waals surface area contributed by atoms with E-state index in [1.165, 1.54) is 0 Å². The Hall–Kier alpha value is -2.12. The minimum absolute atomic E-state index is 0.0248. The molecule has 1 heterocycles. The molecular weight excluding hydrogens is 378 g/mol. The number of morpholine rings is 1. The zero-order chi connectivity index (χ0) is 21.8. The first-order chi connectivity index (χ1) is 14.5. The van der Waals surface area contributed by atoms with E-state index in [0.29, 0.717) is 30.6 Å². The predicted octanol–water partition coefficient (Wildman–Crippen LogP) is 2.24. The van der Waals surface area contributed by atoms with Crippen molar-refractivity contribution in [1.29, 1.82) is 0 Å². The van der Waals surface area contributed by atoms with Crippen LogP contribution >= 0.6 is 0 Å². The smallest absolute Gasteiger partial charge is 0.251 e. The van der Waals surface area contributed by atoms with Crippen LogP contribution in [0, 0.1) is 5.92 Å². The Bertz CT molecular complexity index is 671. The van der Waals surface area contributed by atoms with Crippen molar-refractivity contribution in [3.8, 4) is 0 Å². The molecule has 7 heteroatoms. The monoisotopic (exact) mass is 417 g/mol. The second-order valence-corrected chi connectivity index (χ2v) is 8.19. The maximum absolute atomic E-state index is 12.2. The standard InChI is InChI=1S/C23H39N5O2/c1-5-9-25-22(29)20-8-6-7-19(15-20)16-26-23(24-4)27-17-21(14-18(2)3)28-10-12-30-13-11-28/h6-8,15,18,21H,5,9-14,16-17H2,1-4H3,(H,25,29)(H2,24,26,27). The van der Waals surface area contributed by atoms with Crippen LogP contribution in [0.1, 0.15) is 49.5 Å². The minimum atomic E-state index is -0.0248. The van der Waals surface area contributed by atoms with Crippen molar-refractivity contribution < 1.29 is 9.53 Å². The molecule has 0 aliphatic carbocycles. The fraction of sp³-hybridized carbons (Fsp3) is 0.652. The highest BCUT2D eigenvalue weighted by Crippen LogP contribution is 2.13. The summed E-state index contributed by atoms with van der Waals surface area (Å²) < 4.78 is 5.51. The highest BCUT2D eigenvalue weighted by atomic mass is 16.5. The van der Waals surface area contributed by atoms with Gasteiger partial charge in [0.25, 0.3) is 5.91 Å². The van der Waals surface area contributed by atoms with Gasteiger partial charge in [-0.2, -0.15) is 0 Å². The van der Waals surface area contributed by atoms with Gasteiger partial charge in [0.1, 0.15) is 0 Å². The molecule has 1 aliphatic heterocycles. The van der Waals surface area contributed by atoms with Crippen molar-refractivity contribution in [2.24, 2.45) is 10.9 Å². The van der Waals surface area contributed by atoms with Gasteiger partial charge in [0.2, 0.25) is 0 Å². The molecule has 0 saturated carbocycles. The zero-order valence-corrected chi connectivity index (χ0v) is 19.0. The summed E-state index contributed by atoms with van der Waals surface area (Å²) in [6.07, 6.45) is 2.07. The predicted molar refractivity (Wildman–Crippen MR) is 123 cm³/mol. The van der Waals surface area contributed by atoms with Crippen LogP contribution in [-0.4, -0.2) is 69.2 Å². The Balaban J connectivity index is 1.88. The Kier molecular flexibility index (Phi) is 10.7. The molecule has 1 fully saturated rings. The van der Waals surface area contributed by atoms with Crippen molar-refractivity contribution >= 4 is 11.9 Å². The third-order valence-corrected chi connectivity index (χ3v) is 5.22. The van der Waals surface area contributed by atoms with E-state index in [-0.39, 0.29) is 5.91 Å². The van der Waals surface area contributed by atoms with Crippen LogP contribution in [0.2, 0.25) is 0 Å². The third kappa shape index (κ3) is 8.32. The van der Waals surface area contributed by atoms with E-state index in [2.05, 4.69) is 39.7 Å². The van der Waals surface area contributed by atoms with Crippen LogP contribution in [-0.2, 0) is 11.3 Å².